The monoisotopic (exact) mass is 268 g/mol. The first-order valence-electron chi connectivity index (χ1n) is 7.80. The summed E-state index contributed by atoms with van der Waals surface area (Å²) >= 11 is 0. The van der Waals surface area contributed by atoms with E-state index in [4.69, 9.17) is 10.8 Å². The number of amides is 1. The number of aliphatic hydroxyl groups excluding tert-OH is 1. The highest BCUT2D eigenvalue weighted by atomic mass is 16.3. The topological polar surface area (TPSA) is 66.6 Å². The SMILES string of the molecule is CC1CCC(N)CC1C(=O)N1CCCC1CCCO. The van der Waals surface area contributed by atoms with E-state index in [2.05, 4.69) is 11.8 Å². The number of aliphatic hydroxyl groups is 1. The molecule has 0 bridgehead atoms. The van der Waals surface area contributed by atoms with Gasteiger partial charge in [0, 0.05) is 31.2 Å². The van der Waals surface area contributed by atoms with Crippen molar-refractivity contribution in [3.8, 4) is 0 Å². The van der Waals surface area contributed by atoms with E-state index in [1.807, 2.05) is 0 Å². The smallest absolute Gasteiger partial charge is 0.226 e. The third-order valence-corrected chi connectivity index (χ3v) is 4.91. The Hall–Kier alpha value is -0.610. The summed E-state index contributed by atoms with van der Waals surface area (Å²) in [5.74, 6) is 0.910. The van der Waals surface area contributed by atoms with Gasteiger partial charge in [-0.05, 0) is 50.9 Å². The molecule has 1 aliphatic heterocycles. The summed E-state index contributed by atoms with van der Waals surface area (Å²) in [5, 5.41) is 8.96. The number of nitrogens with two attached hydrogens (primary N) is 1. The van der Waals surface area contributed by atoms with Crippen molar-refractivity contribution in [3.05, 3.63) is 0 Å². The number of hydrogen-bond acceptors (Lipinski definition) is 3. The molecule has 4 nitrogen and oxygen atoms in total. The van der Waals surface area contributed by atoms with Crippen molar-refractivity contribution in [1.29, 1.82) is 0 Å². The van der Waals surface area contributed by atoms with Crippen molar-refractivity contribution >= 4 is 5.91 Å². The van der Waals surface area contributed by atoms with Crippen molar-refractivity contribution in [2.75, 3.05) is 13.2 Å². The summed E-state index contributed by atoms with van der Waals surface area (Å²) in [7, 11) is 0. The van der Waals surface area contributed by atoms with Crippen LogP contribution >= 0.6 is 0 Å². The van der Waals surface area contributed by atoms with Crippen molar-refractivity contribution in [2.24, 2.45) is 17.6 Å². The van der Waals surface area contributed by atoms with E-state index in [9.17, 15) is 4.79 Å². The highest BCUT2D eigenvalue weighted by molar-refractivity contribution is 5.80. The lowest BCUT2D eigenvalue weighted by Gasteiger charge is -2.36. The largest absolute Gasteiger partial charge is 0.396 e. The number of likely N-dealkylation sites (tertiary alicyclic amines) is 1. The molecular weight excluding hydrogens is 240 g/mol. The summed E-state index contributed by atoms with van der Waals surface area (Å²) in [4.78, 5) is 14.8. The lowest BCUT2D eigenvalue weighted by Crippen LogP contribution is -2.45. The second-order valence-electron chi connectivity index (χ2n) is 6.35. The van der Waals surface area contributed by atoms with Gasteiger partial charge in [-0.25, -0.2) is 0 Å². The number of hydrogen-bond donors (Lipinski definition) is 2. The van der Waals surface area contributed by atoms with Gasteiger partial charge in [0.1, 0.15) is 0 Å². The van der Waals surface area contributed by atoms with Crippen molar-refractivity contribution in [2.45, 2.75) is 64.0 Å². The summed E-state index contributed by atoms with van der Waals surface area (Å²) in [6.07, 6.45) is 6.92. The van der Waals surface area contributed by atoms with Gasteiger partial charge >= 0.3 is 0 Å². The third-order valence-electron chi connectivity index (χ3n) is 4.91. The van der Waals surface area contributed by atoms with E-state index in [1.54, 1.807) is 0 Å². The highest BCUT2D eigenvalue weighted by Gasteiger charge is 2.37. The number of rotatable bonds is 4. The Balaban J connectivity index is 1.97. The molecule has 4 unspecified atom stereocenters. The molecule has 1 amide bonds. The molecule has 0 aromatic heterocycles. The second-order valence-corrected chi connectivity index (χ2v) is 6.35. The third kappa shape index (κ3) is 3.48. The maximum absolute atomic E-state index is 12.7. The first-order chi connectivity index (χ1) is 9.13. The average Bonchev–Trinajstić information content (AvgIpc) is 2.86. The summed E-state index contributed by atoms with van der Waals surface area (Å²) < 4.78 is 0. The maximum Gasteiger partial charge on any atom is 0.226 e. The zero-order valence-electron chi connectivity index (χ0n) is 12.1. The molecule has 4 heteroatoms. The molecule has 1 saturated carbocycles. The van der Waals surface area contributed by atoms with E-state index in [-0.39, 0.29) is 18.6 Å². The standard InChI is InChI=1S/C15H28N2O2/c1-11-6-7-12(16)10-14(11)15(19)17-8-2-4-13(17)5-3-9-18/h11-14,18H,2-10,16H2,1H3. The van der Waals surface area contributed by atoms with Gasteiger partial charge in [-0.3, -0.25) is 4.79 Å². The number of nitrogens with zero attached hydrogens (tertiary/aromatic N) is 1. The molecule has 110 valence electrons. The van der Waals surface area contributed by atoms with E-state index in [0.29, 0.717) is 17.9 Å². The van der Waals surface area contributed by atoms with Crippen LogP contribution in [-0.4, -0.2) is 41.1 Å². The fourth-order valence-corrected chi connectivity index (χ4v) is 3.66. The van der Waals surface area contributed by atoms with Gasteiger partial charge in [0.15, 0.2) is 0 Å². The zero-order valence-corrected chi connectivity index (χ0v) is 12.1. The minimum absolute atomic E-state index is 0.124. The van der Waals surface area contributed by atoms with Crippen molar-refractivity contribution in [1.82, 2.24) is 4.90 Å². The van der Waals surface area contributed by atoms with Crippen LogP contribution in [-0.2, 0) is 4.79 Å². The molecule has 1 heterocycles. The molecule has 2 rings (SSSR count). The summed E-state index contributed by atoms with van der Waals surface area (Å²) in [5.41, 5.74) is 6.03. The minimum Gasteiger partial charge on any atom is -0.396 e. The van der Waals surface area contributed by atoms with Gasteiger partial charge in [-0.1, -0.05) is 6.92 Å². The zero-order chi connectivity index (χ0) is 13.8. The first kappa shape index (κ1) is 14.8. The predicted octanol–water partition coefficient (Wildman–Crippen LogP) is 1.51. The van der Waals surface area contributed by atoms with Crippen LogP contribution in [0.4, 0.5) is 0 Å². The molecule has 19 heavy (non-hydrogen) atoms. The lowest BCUT2D eigenvalue weighted by atomic mass is 9.77. The van der Waals surface area contributed by atoms with Gasteiger partial charge in [-0.2, -0.15) is 0 Å². The molecule has 3 N–H and O–H groups in total. The van der Waals surface area contributed by atoms with Gasteiger partial charge < -0.3 is 15.7 Å². The molecule has 2 fully saturated rings. The van der Waals surface area contributed by atoms with Crippen LogP contribution in [0.15, 0.2) is 0 Å². The molecule has 4 atom stereocenters. The minimum atomic E-state index is 0.124. The first-order valence-corrected chi connectivity index (χ1v) is 7.80. The van der Waals surface area contributed by atoms with Gasteiger partial charge in [0.05, 0.1) is 0 Å². The Morgan fingerprint density at radius 2 is 2.16 bits per heavy atom. The Labute approximate surface area is 116 Å². The molecule has 0 radical (unpaired) electrons. The van der Waals surface area contributed by atoms with E-state index >= 15 is 0 Å². The Kier molecular flexibility index (Phi) is 5.22. The molecular formula is C15H28N2O2. The van der Waals surface area contributed by atoms with Crippen LogP contribution in [0, 0.1) is 11.8 Å². The fraction of sp³-hybridized carbons (Fsp3) is 0.933. The van der Waals surface area contributed by atoms with E-state index in [0.717, 1.165) is 51.5 Å². The van der Waals surface area contributed by atoms with Crippen LogP contribution < -0.4 is 5.73 Å². The van der Waals surface area contributed by atoms with Gasteiger partial charge in [-0.15, -0.1) is 0 Å². The van der Waals surface area contributed by atoms with Crippen LogP contribution in [0.3, 0.4) is 0 Å². The van der Waals surface area contributed by atoms with Crippen molar-refractivity contribution in [3.63, 3.8) is 0 Å². The maximum atomic E-state index is 12.7. The molecule has 1 aliphatic carbocycles. The van der Waals surface area contributed by atoms with E-state index < -0.39 is 0 Å². The predicted molar refractivity (Wildman–Crippen MR) is 75.5 cm³/mol. The fourth-order valence-electron chi connectivity index (χ4n) is 3.66. The normalized spacial score (nSPS) is 35.6. The average molecular weight is 268 g/mol. The molecule has 0 spiro atoms. The van der Waals surface area contributed by atoms with Crippen LogP contribution in [0.25, 0.3) is 0 Å². The summed E-state index contributed by atoms with van der Waals surface area (Å²) in [6, 6.07) is 0.550. The van der Waals surface area contributed by atoms with Gasteiger partial charge in [0.25, 0.3) is 0 Å². The highest BCUT2D eigenvalue weighted by Crippen LogP contribution is 2.33. The van der Waals surface area contributed by atoms with E-state index in [1.165, 1.54) is 0 Å². The molecule has 0 aromatic carbocycles. The molecule has 1 saturated heterocycles. The Bertz CT molecular complexity index is 309. The number of carbonyl (C=O) groups is 1. The Morgan fingerprint density at radius 1 is 1.37 bits per heavy atom. The van der Waals surface area contributed by atoms with Crippen LogP contribution in [0.1, 0.15) is 51.9 Å². The van der Waals surface area contributed by atoms with Crippen LogP contribution in [0.5, 0.6) is 0 Å². The lowest BCUT2D eigenvalue weighted by molar-refractivity contribution is -0.139. The number of carbonyl (C=O) groups excluding carboxylic acids is 1. The molecule has 0 aromatic rings. The quantitative estimate of drug-likeness (QED) is 0.812. The van der Waals surface area contributed by atoms with Gasteiger partial charge in [0.2, 0.25) is 5.91 Å². The molecule has 2 aliphatic rings. The Morgan fingerprint density at radius 3 is 2.89 bits per heavy atom. The second kappa shape index (κ2) is 6.71. The van der Waals surface area contributed by atoms with Crippen molar-refractivity contribution < 1.29 is 9.90 Å². The van der Waals surface area contributed by atoms with Crippen LogP contribution in [0.2, 0.25) is 0 Å². The summed E-state index contributed by atoms with van der Waals surface area (Å²) in [6.45, 7) is 3.31.